The highest BCUT2D eigenvalue weighted by Crippen LogP contribution is 2.28. The number of imide groups is 1. The van der Waals surface area contributed by atoms with E-state index in [0.29, 0.717) is 16.3 Å². The SMILES string of the molecule is O=C(Nc1nc(-c2ccccc2)cs1)[C@@H](Cc1ccccc1)N1C(=O)c2ccccc2C1=O. The minimum Gasteiger partial charge on any atom is -0.300 e. The van der Waals surface area contributed by atoms with Gasteiger partial charge in [0.2, 0.25) is 5.91 Å². The molecule has 3 aromatic carbocycles. The molecule has 162 valence electrons. The summed E-state index contributed by atoms with van der Waals surface area (Å²) in [5.74, 6) is -1.38. The lowest BCUT2D eigenvalue weighted by molar-refractivity contribution is -0.119. The molecule has 6 nitrogen and oxygen atoms in total. The van der Waals surface area contributed by atoms with Crippen molar-refractivity contribution in [2.24, 2.45) is 0 Å². The Morgan fingerprint density at radius 2 is 1.42 bits per heavy atom. The van der Waals surface area contributed by atoms with Crippen LogP contribution in [-0.2, 0) is 11.2 Å². The van der Waals surface area contributed by atoms with Crippen molar-refractivity contribution in [2.45, 2.75) is 12.5 Å². The first kappa shape index (κ1) is 20.8. The zero-order valence-electron chi connectivity index (χ0n) is 17.5. The molecule has 0 radical (unpaired) electrons. The molecule has 1 atom stereocenters. The fourth-order valence-electron chi connectivity index (χ4n) is 3.89. The maximum Gasteiger partial charge on any atom is 0.262 e. The Bertz CT molecular complexity index is 1300. The summed E-state index contributed by atoms with van der Waals surface area (Å²) in [7, 11) is 0. The number of anilines is 1. The zero-order valence-corrected chi connectivity index (χ0v) is 18.3. The second-order valence-corrected chi connectivity index (χ2v) is 8.48. The smallest absolute Gasteiger partial charge is 0.262 e. The third-order valence-electron chi connectivity index (χ3n) is 5.52. The fourth-order valence-corrected chi connectivity index (χ4v) is 4.61. The van der Waals surface area contributed by atoms with E-state index in [4.69, 9.17) is 0 Å². The van der Waals surface area contributed by atoms with Crippen LogP contribution in [0, 0.1) is 0 Å². The van der Waals surface area contributed by atoms with E-state index in [0.717, 1.165) is 21.7 Å². The number of carbonyl (C=O) groups excluding carboxylic acids is 3. The van der Waals surface area contributed by atoms with Crippen molar-refractivity contribution in [1.29, 1.82) is 0 Å². The highest BCUT2D eigenvalue weighted by atomic mass is 32.1. The van der Waals surface area contributed by atoms with Gasteiger partial charge in [0, 0.05) is 17.4 Å². The lowest BCUT2D eigenvalue weighted by Gasteiger charge is -2.25. The molecule has 33 heavy (non-hydrogen) atoms. The minimum atomic E-state index is -1.01. The largest absolute Gasteiger partial charge is 0.300 e. The maximum atomic E-state index is 13.4. The number of nitrogens with zero attached hydrogens (tertiary/aromatic N) is 2. The summed E-state index contributed by atoms with van der Waals surface area (Å²) in [6, 6.07) is 24.6. The molecule has 0 saturated carbocycles. The number of hydrogen-bond donors (Lipinski definition) is 1. The van der Waals surface area contributed by atoms with E-state index in [1.807, 2.05) is 66.0 Å². The molecule has 2 heterocycles. The van der Waals surface area contributed by atoms with Gasteiger partial charge in [0.05, 0.1) is 16.8 Å². The first-order valence-corrected chi connectivity index (χ1v) is 11.3. The molecule has 0 aliphatic carbocycles. The second kappa shape index (κ2) is 8.80. The Morgan fingerprint density at radius 3 is 2.06 bits per heavy atom. The lowest BCUT2D eigenvalue weighted by Crippen LogP contribution is -2.48. The highest BCUT2D eigenvalue weighted by molar-refractivity contribution is 7.14. The Kier molecular flexibility index (Phi) is 5.54. The molecule has 1 N–H and O–H groups in total. The molecule has 7 heteroatoms. The second-order valence-electron chi connectivity index (χ2n) is 7.62. The van der Waals surface area contributed by atoms with Crippen molar-refractivity contribution in [3.05, 3.63) is 107 Å². The topological polar surface area (TPSA) is 79.4 Å². The van der Waals surface area contributed by atoms with Crippen molar-refractivity contribution in [3.63, 3.8) is 0 Å². The number of nitrogens with one attached hydrogen (secondary N) is 1. The van der Waals surface area contributed by atoms with Crippen molar-refractivity contribution in [1.82, 2.24) is 9.88 Å². The lowest BCUT2D eigenvalue weighted by atomic mass is 10.0. The predicted molar refractivity (Wildman–Crippen MR) is 127 cm³/mol. The van der Waals surface area contributed by atoms with Gasteiger partial charge in [0.1, 0.15) is 6.04 Å². The van der Waals surface area contributed by atoms with Crippen LogP contribution in [0.2, 0.25) is 0 Å². The minimum absolute atomic E-state index is 0.203. The van der Waals surface area contributed by atoms with Crippen molar-refractivity contribution < 1.29 is 14.4 Å². The first-order chi connectivity index (χ1) is 16.1. The van der Waals surface area contributed by atoms with Crippen LogP contribution in [0.15, 0.2) is 90.3 Å². The van der Waals surface area contributed by atoms with Gasteiger partial charge in [0.15, 0.2) is 5.13 Å². The summed E-state index contributed by atoms with van der Waals surface area (Å²) in [6.45, 7) is 0. The van der Waals surface area contributed by atoms with Crippen LogP contribution >= 0.6 is 11.3 Å². The number of fused-ring (bicyclic) bond motifs is 1. The van der Waals surface area contributed by atoms with Gasteiger partial charge in [-0.2, -0.15) is 0 Å². The predicted octanol–water partition coefficient (Wildman–Crippen LogP) is 4.66. The summed E-state index contributed by atoms with van der Waals surface area (Å²) < 4.78 is 0. The average Bonchev–Trinajstić information content (AvgIpc) is 3.42. The van der Waals surface area contributed by atoms with Crippen LogP contribution in [-0.4, -0.2) is 33.6 Å². The third kappa shape index (κ3) is 4.06. The van der Waals surface area contributed by atoms with Crippen LogP contribution in [0.4, 0.5) is 5.13 Å². The van der Waals surface area contributed by atoms with Crippen molar-refractivity contribution in [3.8, 4) is 11.3 Å². The zero-order chi connectivity index (χ0) is 22.8. The number of amides is 3. The Morgan fingerprint density at radius 1 is 0.848 bits per heavy atom. The van der Waals surface area contributed by atoms with Gasteiger partial charge in [-0.25, -0.2) is 4.98 Å². The summed E-state index contributed by atoms with van der Waals surface area (Å²) in [6.07, 6.45) is 0.203. The highest BCUT2D eigenvalue weighted by Gasteiger charge is 2.42. The summed E-state index contributed by atoms with van der Waals surface area (Å²) in [5.41, 5.74) is 3.16. The molecular formula is C26H19N3O3S. The number of benzene rings is 3. The molecule has 4 aromatic rings. The molecule has 0 unspecified atom stereocenters. The summed E-state index contributed by atoms with van der Waals surface area (Å²) in [4.78, 5) is 45.2. The van der Waals surface area contributed by atoms with Gasteiger partial charge in [-0.05, 0) is 17.7 Å². The Balaban J connectivity index is 1.44. The molecule has 0 saturated heterocycles. The van der Waals surface area contributed by atoms with Gasteiger partial charge in [-0.15, -0.1) is 11.3 Å². The number of carbonyl (C=O) groups is 3. The Labute approximate surface area is 194 Å². The molecular weight excluding hydrogens is 434 g/mol. The van der Waals surface area contributed by atoms with E-state index in [2.05, 4.69) is 10.3 Å². The van der Waals surface area contributed by atoms with Gasteiger partial charge < -0.3 is 5.32 Å². The fraction of sp³-hybridized carbons (Fsp3) is 0.0769. The number of rotatable bonds is 6. The van der Waals surface area contributed by atoms with Crippen LogP contribution in [0.1, 0.15) is 26.3 Å². The van der Waals surface area contributed by atoms with Gasteiger partial charge in [-0.3, -0.25) is 19.3 Å². The monoisotopic (exact) mass is 453 g/mol. The standard InChI is InChI=1S/C26H19N3O3S/c30-23(28-26-27-21(16-33-26)18-11-5-2-6-12-18)22(15-17-9-3-1-4-10-17)29-24(31)19-13-7-8-14-20(19)25(29)32/h1-14,16,22H,15H2,(H,27,28,30)/t22-/m1/s1. The summed E-state index contributed by atoms with van der Waals surface area (Å²) >= 11 is 1.30. The maximum absolute atomic E-state index is 13.4. The van der Waals surface area contributed by atoms with E-state index < -0.39 is 23.8 Å². The van der Waals surface area contributed by atoms with Crippen LogP contribution < -0.4 is 5.32 Å². The molecule has 1 aliphatic heterocycles. The number of hydrogen-bond acceptors (Lipinski definition) is 5. The molecule has 3 amide bonds. The van der Waals surface area contributed by atoms with Crippen molar-refractivity contribution in [2.75, 3.05) is 5.32 Å². The van der Waals surface area contributed by atoms with E-state index in [9.17, 15) is 14.4 Å². The quantitative estimate of drug-likeness (QED) is 0.431. The van der Waals surface area contributed by atoms with Gasteiger partial charge >= 0.3 is 0 Å². The molecule has 0 bridgehead atoms. The number of aromatic nitrogens is 1. The molecule has 0 fully saturated rings. The van der Waals surface area contributed by atoms with Crippen LogP contribution in [0.5, 0.6) is 0 Å². The van der Waals surface area contributed by atoms with E-state index in [-0.39, 0.29) is 6.42 Å². The van der Waals surface area contributed by atoms with E-state index in [1.165, 1.54) is 11.3 Å². The first-order valence-electron chi connectivity index (χ1n) is 10.4. The summed E-state index contributed by atoms with van der Waals surface area (Å²) in [5, 5.41) is 5.09. The number of thiazole rings is 1. The molecule has 5 rings (SSSR count). The third-order valence-corrected chi connectivity index (χ3v) is 6.27. The van der Waals surface area contributed by atoms with E-state index >= 15 is 0 Å². The molecule has 1 aliphatic rings. The van der Waals surface area contributed by atoms with Crippen LogP contribution in [0.3, 0.4) is 0 Å². The van der Waals surface area contributed by atoms with Crippen LogP contribution in [0.25, 0.3) is 11.3 Å². The van der Waals surface area contributed by atoms with E-state index in [1.54, 1.807) is 24.3 Å². The van der Waals surface area contributed by atoms with Crippen molar-refractivity contribution >= 4 is 34.2 Å². The Hall–Kier alpha value is -4.10. The average molecular weight is 454 g/mol. The van der Waals surface area contributed by atoms with Gasteiger partial charge in [-0.1, -0.05) is 72.8 Å². The molecule has 0 spiro atoms. The molecule has 1 aromatic heterocycles. The van der Waals surface area contributed by atoms with Gasteiger partial charge in [0.25, 0.3) is 11.8 Å². The normalized spacial score (nSPS) is 13.6.